The van der Waals surface area contributed by atoms with Gasteiger partial charge in [0.2, 0.25) is 0 Å². The molecule has 6 heteroatoms. The van der Waals surface area contributed by atoms with Crippen LogP contribution in [0.15, 0.2) is 17.2 Å². The number of aromatic nitrogens is 2. The summed E-state index contributed by atoms with van der Waals surface area (Å²) in [4.78, 5) is 31.1. The fourth-order valence-electron chi connectivity index (χ4n) is 2.00. The van der Waals surface area contributed by atoms with Gasteiger partial charge in [0.05, 0.1) is 5.41 Å². The SMILES string of the molecule is CC1(C(=O)O)CCN(c2ncc[nH]c2=O)CC1. The number of carbonyl (C=O) groups is 1. The van der Waals surface area contributed by atoms with Crippen molar-refractivity contribution in [2.45, 2.75) is 19.8 Å². The van der Waals surface area contributed by atoms with Gasteiger partial charge in [-0.15, -0.1) is 0 Å². The third-order valence-corrected chi connectivity index (χ3v) is 3.37. The Morgan fingerprint density at radius 1 is 1.53 bits per heavy atom. The van der Waals surface area contributed by atoms with Gasteiger partial charge in [-0.3, -0.25) is 9.59 Å². The Labute approximate surface area is 98.3 Å². The van der Waals surface area contributed by atoms with Crippen molar-refractivity contribution >= 4 is 11.8 Å². The van der Waals surface area contributed by atoms with E-state index >= 15 is 0 Å². The largest absolute Gasteiger partial charge is 0.481 e. The molecule has 0 aromatic carbocycles. The van der Waals surface area contributed by atoms with Crippen LogP contribution in [-0.2, 0) is 4.79 Å². The van der Waals surface area contributed by atoms with E-state index in [1.165, 1.54) is 12.4 Å². The Balaban J connectivity index is 2.13. The highest BCUT2D eigenvalue weighted by molar-refractivity contribution is 5.74. The van der Waals surface area contributed by atoms with E-state index < -0.39 is 11.4 Å². The van der Waals surface area contributed by atoms with Crippen LogP contribution in [0.5, 0.6) is 0 Å². The minimum atomic E-state index is -0.771. The molecule has 1 aromatic rings. The second-order valence-corrected chi connectivity index (χ2v) is 4.59. The lowest BCUT2D eigenvalue weighted by Gasteiger charge is -2.36. The number of carboxylic acid groups (broad SMARTS) is 1. The van der Waals surface area contributed by atoms with E-state index in [1.54, 1.807) is 6.92 Å². The second kappa shape index (κ2) is 4.20. The highest BCUT2D eigenvalue weighted by Gasteiger charge is 2.37. The Kier molecular flexibility index (Phi) is 2.87. The van der Waals surface area contributed by atoms with Crippen molar-refractivity contribution in [1.82, 2.24) is 9.97 Å². The van der Waals surface area contributed by atoms with Gasteiger partial charge in [0.1, 0.15) is 0 Å². The van der Waals surface area contributed by atoms with Gasteiger partial charge in [0.25, 0.3) is 5.56 Å². The molecule has 0 bridgehead atoms. The summed E-state index contributed by atoms with van der Waals surface area (Å²) in [6.45, 7) is 2.83. The molecule has 92 valence electrons. The van der Waals surface area contributed by atoms with E-state index in [-0.39, 0.29) is 5.56 Å². The van der Waals surface area contributed by atoms with Gasteiger partial charge in [-0.25, -0.2) is 4.98 Å². The molecule has 2 N–H and O–H groups in total. The Morgan fingerprint density at radius 2 is 2.18 bits per heavy atom. The first-order valence-electron chi connectivity index (χ1n) is 5.55. The summed E-state index contributed by atoms with van der Waals surface area (Å²) in [6.07, 6.45) is 4.07. The van der Waals surface area contributed by atoms with Gasteiger partial charge < -0.3 is 15.0 Å². The lowest BCUT2D eigenvalue weighted by molar-refractivity contribution is -0.149. The smallest absolute Gasteiger partial charge is 0.309 e. The molecule has 0 amide bonds. The molecule has 0 radical (unpaired) electrons. The number of nitrogens with zero attached hydrogens (tertiary/aromatic N) is 2. The first-order valence-corrected chi connectivity index (χ1v) is 5.55. The maximum Gasteiger partial charge on any atom is 0.309 e. The van der Waals surface area contributed by atoms with E-state index in [4.69, 9.17) is 5.11 Å². The average Bonchev–Trinajstić information content (AvgIpc) is 2.31. The Bertz CT molecular complexity index is 475. The molecule has 2 rings (SSSR count). The van der Waals surface area contributed by atoms with Crippen LogP contribution in [-0.4, -0.2) is 34.1 Å². The monoisotopic (exact) mass is 237 g/mol. The Hall–Kier alpha value is -1.85. The van der Waals surface area contributed by atoms with E-state index in [2.05, 4.69) is 9.97 Å². The van der Waals surface area contributed by atoms with Gasteiger partial charge in [-0.1, -0.05) is 0 Å². The van der Waals surface area contributed by atoms with Crippen molar-refractivity contribution in [3.05, 3.63) is 22.7 Å². The molecular weight excluding hydrogens is 222 g/mol. The van der Waals surface area contributed by atoms with Gasteiger partial charge in [-0.05, 0) is 19.8 Å². The molecule has 1 fully saturated rings. The minimum absolute atomic E-state index is 0.230. The van der Waals surface area contributed by atoms with Crippen LogP contribution in [0.25, 0.3) is 0 Å². The summed E-state index contributed by atoms with van der Waals surface area (Å²) in [5.41, 5.74) is -0.913. The fourth-order valence-corrected chi connectivity index (χ4v) is 2.00. The van der Waals surface area contributed by atoms with Crippen molar-refractivity contribution in [3.63, 3.8) is 0 Å². The third kappa shape index (κ3) is 2.15. The zero-order valence-electron chi connectivity index (χ0n) is 9.64. The molecule has 1 saturated heterocycles. The van der Waals surface area contributed by atoms with E-state index in [1.807, 2.05) is 4.90 Å². The lowest BCUT2D eigenvalue weighted by atomic mass is 9.80. The summed E-state index contributed by atoms with van der Waals surface area (Å²) in [7, 11) is 0. The molecule has 0 atom stereocenters. The minimum Gasteiger partial charge on any atom is -0.481 e. The number of piperidine rings is 1. The van der Waals surface area contributed by atoms with Crippen LogP contribution < -0.4 is 10.5 Å². The highest BCUT2D eigenvalue weighted by Crippen LogP contribution is 2.31. The Morgan fingerprint density at radius 3 is 2.71 bits per heavy atom. The maximum absolute atomic E-state index is 11.5. The molecule has 0 unspecified atom stereocenters. The molecule has 0 saturated carbocycles. The predicted octanol–water partition coefficient (Wildman–Crippen LogP) is 0.461. The number of aliphatic carboxylic acids is 1. The normalized spacial score (nSPS) is 19.0. The van der Waals surface area contributed by atoms with Crippen LogP contribution in [0.2, 0.25) is 0 Å². The average molecular weight is 237 g/mol. The summed E-state index contributed by atoms with van der Waals surface area (Å²) in [5.74, 6) is -0.396. The van der Waals surface area contributed by atoms with E-state index in [0.717, 1.165) is 0 Å². The van der Waals surface area contributed by atoms with Crippen molar-refractivity contribution in [2.75, 3.05) is 18.0 Å². The molecule has 1 aromatic heterocycles. The summed E-state index contributed by atoms with van der Waals surface area (Å²) >= 11 is 0. The number of rotatable bonds is 2. The van der Waals surface area contributed by atoms with Crippen molar-refractivity contribution in [1.29, 1.82) is 0 Å². The topological polar surface area (TPSA) is 86.3 Å². The zero-order valence-corrected chi connectivity index (χ0v) is 9.64. The fraction of sp³-hybridized carbons (Fsp3) is 0.545. The summed E-state index contributed by atoms with van der Waals surface area (Å²) in [6, 6.07) is 0. The first-order chi connectivity index (χ1) is 8.03. The lowest BCUT2D eigenvalue weighted by Crippen LogP contribution is -2.44. The van der Waals surface area contributed by atoms with Gasteiger partial charge >= 0.3 is 5.97 Å². The van der Waals surface area contributed by atoms with Crippen molar-refractivity contribution in [3.8, 4) is 0 Å². The predicted molar refractivity (Wildman–Crippen MR) is 62.0 cm³/mol. The molecular formula is C11H15N3O3. The number of H-pyrrole nitrogens is 1. The van der Waals surface area contributed by atoms with Crippen molar-refractivity contribution < 1.29 is 9.90 Å². The van der Waals surface area contributed by atoms with Crippen LogP contribution >= 0.6 is 0 Å². The van der Waals surface area contributed by atoms with Crippen LogP contribution in [0, 0.1) is 5.41 Å². The third-order valence-electron chi connectivity index (χ3n) is 3.37. The number of hydrogen-bond donors (Lipinski definition) is 2. The van der Waals surface area contributed by atoms with Crippen LogP contribution in [0.4, 0.5) is 5.82 Å². The molecule has 6 nitrogen and oxygen atoms in total. The molecule has 17 heavy (non-hydrogen) atoms. The number of anilines is 1. The zero-order chi connectivity index (χ0) is 12.5. The first kappa shape index (κ1) is 11.6. The molecule has 1 aliphatic heterocycles. The number of nitrogens with one attached hydrogen (secondary N) is 1. The second-order valence-electron chi connectivity index (χ2n) is 4.59. The summed E-state index contributed by atoms with van der Waals surface area (Å²) < 4.78 is 0. The van der Waals surface area contributed by atoms with Crippen LogP contribution in [0.3, 0.4) is 0 Å². The van der Waals surface area contributed by atoms with Gasteiger partial charge in [0, 0.05) is 25.5 Å². The molecule has 2 heterocycles. The molecule has 0 spiro atoms. The van der Waals surface area contributed by atoms with E-state index in [9.17, 15) is 9.59 Å². The molecule has 1 aliphatic rings. The summed E-state index contributed by atoms with van der Waals surface area (Å²) in [5, 5.41) is 9.11. The van der Waals surface area contributed by atoms with Gasteiger partial charge in [0.15, 0.2) is 5.82 Å². The number of aromatic amines is 1. The van der Waals surface area contributed by atoms with Gasteiger partial charge in [-0.2, -0.15) is 0 Å². The number of hydrogen-bond acceptors (Lipinski definition) is 4. The quantitative estimate of drug-likeness (QED) is 0.780. The maximum atomic E-state index is 11.5. The molecule has 0 aliphatic carbocycles. The van der Waals surface area contributed by atoms with Crippen LogP contribution in [0.1, 0.15) is 19.8 Å². The highest BCUT2D eigenvalue weighted by atomic mass is 16.4. The number of carboxylic acids is 1. The van der Waals surface area contributed by atoms with Crippen molar-refractivity contribution in [2.24, 2.45) is 5.41 Å². The standard InChI is InChI=1S/C11H15N3O3/c1-11(10(16)17)2-6-14(7-3-11)8-9(15)13-5-4-12-8/h4-5H,2-3,6-7H2,1H3,(H,13,15)(H,16,17). The van der Waals surface area contributed by atoms with E-state index in [0.29, 0.717) is 31.7 Å².